The van der Waals surface area contributed by atoms with E-state index in [0.717, 1.165) is 0 Å². The Bertz CT molecular complexity index is 187. The number of nitrogens with zero attached hydrogens (tertiary/aromatic N) is 1. The predicted octanol–water partition coefficient (Wildman–Crippen LogP) is -0.696. The second-order valence-electron chi connectivity index (χ2n) is 2.95. The number of aliphatic carboxylic acids is 1. The molecule has 0 aliphatic heterocycles. The van der Waals surface area contributed by atoms with Crippen molar-refractivity contribution in [3.63, 3.8) is 0 Å². The Morgan fingerprint density at radius 1 is 1.14 bits per heavy atom. The SMILES string of the molecule is C=C(CCN(CCO)CCO)C(=O)O. The second-order valence-corrected chi connectivity index (χ2v) is 2.95. The van der Waals surface area contributed by atoms with Crippen molar-refractivity contribution < 1.29 is 20.1 Å². The summed E-state index contributed by atoms with van der Waals surface area (Å²) in [6, 6.07) is 0. The molecule has 0 fully saturated rings. The summed E-state index contributed by atoms with van der Waals surface area (Å²) < 4.78 is 0. The second kappa shape index (κ2) is 7.49. The fourth-order valence-electron chi connectivity index (χ4n) is 1.02. The quantitative estimate of drug-likeness (QED) is 0.455. The van der Waals surface area contributed by atoms with Gasteiger partial charge in [0.1, 0.15) is 0 Å². The van der Waals surface area contributed by atoms with Gasteiger partial charge in [-0.2, -0.15) is 0 Å². The first-order chi connectivity index (χ1) is 6.61. The van der Waals surface area contributed by atoms with E-state index in [4.69, 9.17) is 15.3 Å². The summed E-state index contributed by atoms with van der Waals surface area (Å²) in [7, 11) is 0. The van der Waals surface area contributed by atoms with Crippen LogP contribution in [0, 0.1) is 0 Å². The highest BCUT2D eigenvalue weighted by Gasteiger charge is 2.07. The van der Waals surface area contributed by atoms with Crippen molar-refractivity contribution in [2.75, 3.05) is 32.8 Å². The molecule has 0 unspecified atom stereocenters. The summed E-state index contributed by atoms with van der Waals surface area (Å²) in [4.78, 5) is 12.2. The van der Waals surface area contributed by atoms with E-state index >= 15 is 0 Å². The summed E-state index contributed by atoms with van der Waals surface area (Å²) in [6.45, 7) is 4.76. The third kappa shape index (κ3) is 5.69. The smallest absolute Gasteiger partial charge is 0.331 e. The fourth-order valence-corrected chi connectivity index (χ4v) is 1.02. The van der Waals surface area contributed by atoms with Gasteiger partial charge in [0, 0.05) is 25.2 Å². The number of hydrogen-bond acceptors (Lipinski definition) is 4. The molecule has 0 amide bonds. The Morgan fingerprint density at radius 3 is 2.00 bits per heavy atom. The van der Waals surface area contributed by atoms with E-state index in [0.29, 0.717) is 26.1 Å². The van der Waals surface area contributed by atoms with Crippen molar-refractivity contribution >= 4 is 5.97 Å². The maximum atomic E-state index is 10.4. The Hall–Kier alpha value is -0.910. The highest BCUT2D eigenvalue weighted by molar-refractivity contribution is 5.85. The van der Waals surface area contributed by atoms with Crippen molar-refractivity contribution in [1.82, 2.24) is 4.90 Å². The average Bonchev–Trinajstić information content (AvgIpc) is 2.14. The molecule has 0 aromatic carbocycles. The van der Waals surface area contributed by atoms with Crippen LogP contribution in [0.5, 0.6) is 0 Å². The van der Waals surface area contributed by atoms with E-state index in [1.54, 1.807) is 4.90 Å². The molecule has 0 saturated carbocycles. The number of carbonyl (C=O) groups is 1. The van der Waals surface area contributed by atoms with Gasteiger partial charge in [-0.3, -0.25) is 4.90 Å². The van der Waals surface area contributed by atoms with Crippen molar-refractivity contribution in [1.29, 1.82) is 0 Å². The molecule has 3 N–H and O–H groups in total. The monoisotopic (exact) mass is 203 g/mol. The Morgan fingerprint density at radius 2 is 1.64 bits per heavy atom. The zero-order chi connectivity index (χ0) is 11.0. The molecule has 0 heterocycles. The zero-order valence-corrected chi connectivity index (χ0v) is 8.15. The van der Waals surface area contributed by atoms with Crippen LogP contribution < -0.4 is 0 Å². The molecule has 0 spiro atoms. The van der Waals surface area contributed by atoms with Gasteiger partial charge in [0.25, 0.3) is 0 Å². The van der Waals surface area contributed by atoms with Crippen molar-refractivity contribution in [3.8, 4) is 0 Å². The van der Waals surface area contributed by atoms with Crippen LogP contribution in [0.1, 0.15) is 6.42 Å². The number of aliphatic hydroxyl groups is 2. The molecule has 82 valence electrons. The van der Waals surface area contributed by atoms with Crippen LogP contribution in [0.4, 0.5) is 0 Å². The summed E-state index contributed by atoms with van der Waals surface area (Å²) in [6.07, 6.45) is 0.343. The molecule has 0 aliphatic carbocycles. The number of aliphatic hydroxyl groups excluding tert-OH is 2. The number of rotatable bonds is 8. The summed E-state index contributed by atoms with van der Waals surface area (Å²) >= 11 is 0. The van der Waals surface area contributed by atoms with E-state index in [1.165, 1.54) is 0 Å². The highest BCUT2D eigenvalue weighted by Crippen LogP contribution is 2.00. The lowest BCUT2D eigenvalue weighted by atomic mass is 10.2. The topological polar surface area (TPSA) is 81.0 Å². The molecule has 0 radical (unpaired) electrons. The standard InChI is InChI=1S/C9H17NO4/c1-8(9(13)14)2-3-10(4-6-11)5-7-12/h11-12H,1-7H2,(H,13,14). The molecule has 14 heavy (non-hydrogen) atoms. The summed E-state index contributed by atoms with van der Waals surface area (Å²) in [5.74, 6) is -1.00. The molecule has 0 atom stereocenters. The van der Waals surface area contributed by atoms with Gasteiger partial charge >= 0.3 is 5.97 Å². The van der Waals surface area contributed by atoms with E-state index in [9.17, 15) is 4.79 Å². The number of carboxylic acid groups (broad SMARTS) is 1. The molecule has 0 saturated heterocycles. The van der Waals surface area contributed by atoms with Crippen molar-refractivity contribution in [3.05, 3.63) is 12.2 Å². The van der Waals surface area contributed by atoms with E-state index < -0.39 is 5.97 Å². The van der Waals surface area contributed by atoms with Crippen molar-refractivity contribution in [2.45, 2.75) is 6.42 Å². The van der Waals surface area contributed by atoms with Gasteiger partial charge in [-0.25, -0.2) is 4.79 Å². The molecule has 5 heteroatoms. The van der Waals surface area contributed by atoms with Gasteiger partial charge in [0.2, 0.25) is 0 Å². The predicted molar refractivity (Wildman–Crippen MR) is 52.0 cm³/mol. The van der Waals surface area contributed by atoms with Gasteiger partial charge in [0.05, 0.1) is 13.2 Å². The van der Waals surface area contributed by atoms with Crippen LogP contribution in [-0.2, 0) is 4.79 Å². The maximum absolute atomic E-state index is 10.4. The molecular formula is C9H17NO4. The van der Waals surface area contributed by atoms with E-state index in [1.807, 2.05) is 0 Å². The zero-order valence-electron chi connectivity index (χ0n) is 8.15. The first kappa shape index (κ1) is 13.1. The Kier molecular flexibility index (Phi) is 7.00. The summed E-state index contributed by atoms with van der Waals surface area (Å²) in [5.41, 5.74) is 0.144. The fraction of sp³-hybridized carbons (Fsp3) is 0.667. The molecule has 0 aromatic rings. The first-order valence-electron chi connectivity index (χ1n) is 4.47. The van der Waals surface area contributed by atoms with Crippen LogP contribution in [0.3, 0.4) is 0 Å². The lowest BCUT2D eigenvalue weighted by molar-refractivity contribution is -0.132. The first-order valence-corrected chi connectivity index (χ1v) is 4.47. The van der Waals surface area contributed by atoms with Crippen LogP contribution in [0.15, 0.2) is 12.2 Å². The number of hydrogen-bond donors (Lipinski definition) is 3. The highest BCUT2D eigenvalue weighted by atomic mass is 16.4. The molecule has 0 aromatic heterocycles. The van der Waals surface area contributed by atoms with Crippen LogP contribution in [0.2, 0.25) is 0 Å². The van der Waals surface area contributed by atoms with Crippen LogP contribution in [-0.4, -0.2) is 59.0 Å². The van der Waals surface area contributed by atoms with Crippen LogP contribution >= 0.6 is 0 Å². The van der Waals surface area contributed by atoms with Gasteiger partial charge < -0.3 is 15.3 Å². The molecule has 0 aliphatic rings. The van der Waals surface area contributed by atoms with E-state index in [2.05, 4.69) is 6.58 Å². The minimum absolute atomic E-state index is 0.000449. The normalized spacial score (nSPS) is 10.5. The van der Waals surface area contributed by atoms with Gasteiger partial charge in [-0.05, 0) is 6.42 Å². The molecule has 0 bridgehead atoms. The Labute approximate surface area is 83.3 Å². The largest absolute Gasteiger partial charge is 0.478 e. The Balaban J connectivity index is 3.80. The van der Waals surface area contributed by atoms with E-state index in [-0.39, 0.29) is 18.8 Å². The lowest BCUT2D eigenvalue weighted by Gasteiger charge is -2.19. The van der Waals surface area contributed by atoms with Gasteiger partial charge in [0.15, 0.2) is 0 Å². The maximum Gasteiger partial charge on any atom is 0.331 e. The molecular weight excluding hydrogens is 186 g/mol. The third-order valence-electron chi connectivity index (χ3n) is 1.86. The van der Waals surface area contributed by atoms with Gasteiger partial charge in [-0.1, -0.05) is 6.58 Å². The summed E-state index contributed by atoms with van der Waals surface area (Å²) in [5, 5.41) is 25.9. The number of carboxylic acids is 1. The molecule has 0 rings (SSSR count). The average molecular weight is 203 g/mol. The van der Waals surface area contributed by atoms with Crippen molar-refractivity contribution in [2.24, 2.45) is 0 Å². The van der Waals surface area contributed by atoms with Gasteiger partial charge in [-0.15, -0.1) is 0 Å². The molecule has 5 nitrogen and oxygen atoms in total. The van der Waals surface area contributed by atoms with Crippen LogP contribution in [0.25, 0.3) is 0 Å². The lowest BCUT2D eigenvalue weighted by Crippen LogP contribution is -2.31. The minimum atomic E-state index is -1.00. The minimum Gasteiger partial charge on any atom is -0.478 e. The third-order valence-corrected chi connectivity index (χ3v) is 1.86.